The molecule has 1 rings (SSSR count). The number of hydrogen-bond donors (Lipinski definition) is 0. The molecule has 0 aromatic heterocycles. The van der Waals surface area contributed by atoms with Gasteiger partial charge in [0.25, 0.3) is 0 Å². The minimum Gasteiger partial charge on any atom is -0.464 e. The molecule has 0 aromatic carbocycles. The van der Waals surface area contributed by atoms with Gasteiger partial charge >= 0.3 is 12.1 Å². The van der Waals surface area contributed by atoms with E-state index in [1.807, 2.05) is 20.8 Å². The first-order valence-electron chi connectivity index (χ1n) is 7.12. The summed E-state index contributed by atoms with van der Waals surface area (Å²) in [6, 6.07) is -0.506. The van der Waals surface area contributed by atoms with Crippen molar-refractivity contribution < 1.29 is 19.1 Å². The van der Waals surface area contributed by atoms with Crippen molar-refractivity contribution in [1.29, 1.82) is 0 Å². The van der Waals surface area contributed by atoms with Crippen LogP contribution in [-0.2, 0) is 14.3 Å². The summed E-state index contributed by atoms with van der Waals surface area (Å²) < 4.78 is 10.5. The maximum atomic E-state index is 12.0. The molecular formula is C15H25NO4. The molecular weight excluding hydrogens is 258 g/mol. The van der Waals surface area contributed by atoms with Crippen molar-refractivity contribution in [3.63, 3.8) is 0 Å². The topological polar surface area (TPSA) is 55.8 Å². The highest BCUT2D eigenvalue weighted by molar-refractivity contribution is 5.82. The van der Waals surface area contributed by atoms with Crippen molar-refractivity contribution in [3.8, 4) is 0 Å². The van der Waals surface area contributed by atoms with Gasteiger partial charge in [0, 0.05) is 6.54 Å². The number of unbranched alkanes of at least 4 members (excludes halogenated alkanes) is 1. The van der Waals surface area contributed by atoms with E-state index in [0.29, 0.717) is 19.6 Å². The number of rotatable bonds is 5. The van der Waals surface area contributed by atoms with Crippen LogP contribution in [0.3, 0.4) is 0 Å². The fraction of sp³-hybridized carbons (Fsp3) is 0.733. The van der Waals surface area contributed by atoms with Gasteiger partial charge in [0.2, 0.25) is 0 Å². The Hall–Kier alpha value is -1.52. The number of carbonyl (C=O) groups is 2. The van der Waals surface area contributed by atoms with Crippen LogP contribution in [0.5, 0.6) is 0 Å². The Kier molecular flexibility index (Phi) is 6.05. The van der Waals surface area contributed by atoms with Gasteiger partial charge in [-0.1, -0.05) is 6.08 Å². The van der Waals surface area contributed by atoms with Crippen LogP contribution in [-0.4, -0.2) is 41.8 Å². The third-order valence-electron chi connectivity index (χ3n) is 2.95. The zero-order chi connectivity index (χ0) is 15.2. The van der Waals surface area contributed by atoms with E-state index in [9.17, 15) is 9.59 Å². The molecule has 1 amide bonds. The van der Waals surface area contributed by atoms with Crippen molar-refractivity contribution in [2.45, 2.75) is 58.1 Å². The van der Waals surface area contributed by atoms with Crippen LogP contribution in [0.15, 0.2) is 12.7 Å². The summed E-state index contributed by atoms with van der Waals surface area (Å²) in [5.41, 5.74) is -0.557. The maximum Gasteiger partial charge on any atom is 0.411 e. The molecule has 0 saturated carbocycles. The monoisotopic (exact) mass is 283 g/mol. The smallest absolute Gasteiger partial charge is 0.411 e. The SMILES string of the molecule is C=CCCCOC(=O)C1CCCN1C(=O)OC(C)(C)C. The number of ether oxygens (including phenoxy) is 2. The Morgan fingerprint density at radius 1 is 1.40 bits per heavy atom. The van der Waals surface area contributed by atoms with Gasteiger partial charge in [0.1, 0.15) is 11.6 Å². The van der Waals surface area contributed by atoms with Gasteiger partial charge in [-0.15, -0.1) is 6.58 Å². The average molecular weight is 283 g/mol. The summed E-state index contributed by atoms with van der Waals surface area (Å²) in [7, 11) is 0. The van der Waals surface area contributed by atoms with Crippen LogP contribution in [0.1, 0.15) is 46.5 Å². The van der Waals surface area contributed by atoms with Crippen LogP contribution in [0.25, 0.3) is 0 Å². The number of amides is 1. The highest BCUT2D eigenvalue weighted by Gasteiger charge is 2.37. The van der Waals surface area contributed by atoms with Crippen molar-refractivity contribution >= 4 is 12.1 Å². The molecule has 0 spiro atoms. The molecule has 0 N–H and O–H groups in total. The van der Waals surface area contributed by atoms with Crippen molar-refractivity contribution in [1.82, 2.24) is 4.90 Å². The van der Waals surface area contributed by atoms with Gasteiger partial charge in [-0.05, 0) is 46.5 Å². The van der Waals surface area contributed by atoms with E-state index in [1.54, 1.807) is 6.08 Å². The second-order valence-electron chi connectivity index (χ2n) is 5.93. The Morgan fingerprint density at radius 3 is 2.70 bits per heavy atom. The number of likely N-dealkylation sites (tertiary alicyclic amines) is 1. The largest absolute Gasteiger partial charge is 0.464 e. The minimum absolute atomic E-state index is 0.336. The van der Waals surface area contributed by atoms with Crippen molar-refractivity contribution in [2.75, 3.05) is 13.2 Å². The van der Waals surface area contributed by atoms with Gasteiger partial charge in [-0.25, -0.2) is 9.59 Å². The van der Waals surface area contributed by atoms with Crippen molar-refractivity contribution in [2.24, 2.45) is 0 Å². The second-order valence-corrected chi connectivity index (χ2v) is 5.93. The van der Waals surface area contributed by atoms with Gasteiger partial charge < -0.3 is 9.47 Å². The third-order valence-corrected chi connectivity index (χ3v) is 2.95. The number of esters is 1. The number of allylic oxidation sites excluding steroid dienone is 1. The lowest BCUT2D eigenvalue weighted by molar-refractivity contribution is -0.148. The van der Waals surface area contributed by atoms with Crippen LogP contribution in [0.2, 0.25) is 0 Å². The minimum atomic E-state index is -0.557. The molecule has 1 fully saturated rings. The molecule has 1 saturated heterocycles. The molecule has 1 unspecified atom stereocenters. The molecule has 114 valence electrons. The molecule has 20 heavy (non-hydrogen) atoms. The molecule has 5 nitrogen and oxygen atoms in total. The van der Waals surface area contributed by atoms with Gasteiger partial charge in [-0.2, -0.15) is 0 Å². The second kappa shape index (κ2) is 7.31. The Labute approximate surface area is 120 Å². The normalized spacial score (nSPS) is 18.8. The predicted molar refractivity (Wildman–Crippen MR) is 76.4 cm³/mol. The fourth-order valence-corrected chi connectivity index (χ4v) is 2.05. The van der Waals surface area contributed by atoms with E-state index in [1.165, 1.54) is 4.90 Å². The van der Waals surface area contributed by atoms with E-state index >= 15 is 0 Å². The fourth-order valence-electron chi connectivity index (χ4n) is 2.05. The summed E-state index contributed by atoms with van der Waals surface area (Å²) in [5.74, 6) is -0.336. The summed E-state index contributed by atoms with van der Waals surface area (Å²) in [6.07, 6.45) is 4.35. The first kappa shape index (κ1) is 16.5. The van der Waals surface area contributed by atoms with E-state index < -0.39 is 17.7 Å². The zero-order valence-corrected chi connectivity index (χ0v) is 12.7. The van der Waals surface area contributed by atoms with Gasteiger partial charge in [0.15, 0.2) is 0 Å². The Morgan fingerprint density at radius 2 is 2.10 bits per heavy atom. The number of carbonyl (C=O) groups excluding carboxylic acids is 2. The lowest BCUT2D eigenvalue weighted by Gasteiger charge is -2.27. The predicted octanol–water partition coefficient (Wildman–Crippen LogP) is 2.90. The molecule has 0 aromatic rings. The number of hydrogen-bond acceptors (Lipinski definition) is 4. The van der Waals surface area contributed by atoms with Crippen LogP contribution < -0.4 is 0 Å². The lowest BCUT2D eigenvalue weighted by Crippen LogP contribution is -2.44. The summed E-state index contributed by atoms with van der Waals surface area (Å²) >= 11 is 0. The van der Waals surface area contributed by atoms with E-state index in [-0.39, 0.29) is 5.97 Å². The molecule has 1 aliphatic rings. The van der Waals surface area contributed by atoms with Gasteiger partial charge in [0.05, 0.1) is 6.61 Å². The zero-order valence-electron chi connectivity index (χ0n) is 12.7. The van der Waals surface area contributed by atoms with Crippen molar-refractivity contribution in [3.05, 3.63) is 12.7 Å². The lowest BCUT2D eigenvalue weighted by atomic mass is 10.2. The molecule has 1 heterocycles. The summed E-state index contributed by atoms with van der Waals surface area (Å²) in [6.45, 7) is 9.95. The van der Waals surface area contributed by atoms with E-state index in [2.05, 4.69) is 6.58 Å². The Bertz CT molecular complexity index is 359. The molecule has 5 heteroatoms. The van der Waals surface area contributed by atoms with Crippen LogP contribution >= 0.6 is 0 Å². The first-order valence-corrected chi connectivity index (χ1v) is 7.12. The van der Waals surface area contributed by atoms with Gasteiger partial charge in [-0.3, -0.25) is 4.90 Å². The molecule has 1 aliphatic heterocycles. The molecule has 1 atom stereocenters. The molecule has 0 aliphatic carbocycles. The first-order chi connectivity index (χ1) is 9.35. The highest BCUT2D eigenvalue weighted by atomic mass is 16.6. The van der Waals surface area contributed by atoms with E-state index in [0.717, 1.165) is 19.3 Å². The maximum absolute atomic E-state index is 12.0. The Balaban J connectivity index is 2.49. The van der Waals surface area contributed by atoms with Crippen LogP contribution in [0.4, 0.5) is 4.79 Å². The van der Waals surface area contributed by atoms with Crippen LogP contribution in [0, 0.1) is 0 Å². The standard InChI is InChI=1S/C15H25NO4/c1-5-6-7-11-19-13(17)12-9-8-10-16(12)14(18)20-15(2,3)4/h5,12H,1,6-11H2,2-4H3. The average Bonchev–Trinajstić information content (AvgIpc) is 2.81. The van der Waals surface area contributed by atoms with E-state index in [4.69, 9.17) is 9.47 Å². The summed E-state index contributed by atoms with van der Waals surface area (Å²) in [5, 5.41) is 0. The third kappa shape index (κ3) is 5.23. The highest BCUT2D eigenvalue weighted by Crippen LogP contribution is 2.21. The number of nitrogens with zero attached hydrogens (tertiary/aromatic N) is 1. The quantitative estimate of drug-likeness (QED) is 0.442. The molecule has 0 bridgehead atoms. The molecule has 0 radical (unpaired) electrons. The summed E-state index contributed by atoms with van der Waals surface area (Å²) in [4.78, 5) is 25.5.